The van der Waals surface area contributed by atoms with Gasteiger partial charge in [-0.3, -0.25) is 4.79 Å². The predicted molar refractivity (Wildman–Crippen MR) is 66.6 cm³/mol. The van der Waals surface area contributed by atoms with Gasteiger partial charge in [0.15, 0.2) is 0 Å². The van der Waals surface area contributed by atoms with Gasteiger partial charge in [0.25, 0.3) is 0 Å². The molecule has 3 unspecified atom stereocenters. The summed E-state index contributed by atoms with van der Waals surface area (Å²) in [4.78, 5) is 13.4. The summed E-state index contributed by atoms with van der Waals surface area (Å²) in [5.41, 5.74) is 6.87. The summed E-state index contributed by atoms with van der Waals surface area (Å²) >= 11 is 0. The molecule has 1 aromatic rings. The summed E-state index contributed by atoms with van der Waals surface area (Å²) in [6.45, 7) is 0.364. The summed E-state index contributed by atoms with van der Waals surface area (Å²) in [5, 5.41) is 18.8. The highest BCUT2D eigenvalue weighted by atomic mass is 16.3. The van der Waals surface area contributed by atoms with E-state index in [9.17, 15) is 15.0 Å². The lowest BCUT2D eigenvalue weighted by Crippen LogP contribution is -2.32. The Hall–Kier alpha value is -1.43. The van der Waals surface area contributed by atoms with Crippen LogP contribution in [0.1, 0.15) is 18.0 Å². The van der Waals surface area contributed by atoms with Crippen LogP contribution in [0.25, 0.3) is 0 Å². The van der Waals surface area contributed by atoms with Gasteiger partial charge in [-0.15, -0.1) is 0 Å². The zero-order valence-corrected chi connectivity index (χ0v) is 10.1. The van der Waals surface area contributed by atoms with Crippen LogP contribution in [0, 0.1) is 0 Å². The number of nitrogens with two attached hydrogens (primary N) is 1. The Balaban J connectivity index is 1.92. The average Bonchev–Trinajstić information content (AvgIpc) is 2.71. The van der Waals surface area contributed by atoms with Crippen LogP contribution in [-0.4, -0.2) is 46.3 Å². The summed E-state index contributed by atoms with van der Waals surface area (Å²) in [7, 11) is 0. The maximum atomic E-state index is 11.9. The molecule has 1 fully saturated rings. The Morgan fingerprint density at radius 1 is 1.28 bits per heavy atom. The second-order valence-corrected chi connectivity index (χ2v) is 4.65. The Morgan fingerprint density at radius 3 is 2.39 bits per heavy atom. The lowest BCUT2D eigenvalue weighted by Gasteiger charge is -2.18. The maximum absolute atomic E-state index is 11.9. The fourth-order valence-electron chi connectivity index (χ4n) is 2.11. The quantitative estimate of drug-likeness (QED) is 0.684. The molecule has 5 nitrogen and oxygen atoms in total. The predicted octanol–water partition coefficient (Wildman–Crippen LogP) is -0.359. The van der Waals surface area contributed by atoms with E-state index >= 15 is 0 Å². The summed E-state index contributed by atoms with van der Waals surface area (Å²) in [5.74, 6) is -0.137. The normalized spacial score (nSPS) is 25.2. The number of β-amino-alcohol motifs (C(OH)–C–C–N with tert-alkyl or cyclic N) is 2. The highest BCUT2D eigenvalue weighted by molar-refractivity contribution is 5.77. The highest BCUT2D eigenvalue weighted by Crippen LogP contribution is 2.17. The van der Waals surface area contributed by atoms with Gasteiger partial charge in [-0.1, -0.05) is 30.3 Å². The number of nitrogens with zero attached hydrogens (tertiary/aromatic N) is 1. The molecule has 18 heavy (non-hydrogen) atoms. The van der Waals surface area contributed by atoms with Crippen LogP contribution in [0.4, 0.5) is 0 Å². The first-order chi connectivity index (χ1) is 8.58. The van der Waals surface area contributed by atoms with Gasteiger partial charge < -0.3 is 20.8 Å². The molecule has 1 heterocycles. The Kier molecular flexibility index (Phi) is 3.96. The molecule has 98 valence electrons. The van der Waals surface area contributed by atoms with Crippen LogP contribution in [-0.2, 0) is 4.79 Å². The van der Waals surface area contributed by atoms with E-state index in [1.807, 2.05) is 30.3 Å². The van der Waals surface area contributed by atoms with Crippen molar-refractivity contribution < 1.29 is 15.0 Å². The minimum Gasteiger partial charge on any atom is -0.388 e. The number of aliphatic hydroxyl groups is 2. The molecule has 0 spiro atoms. The topological polar surface area (TPSA) is 86.8 Å². The molecule has 1 aliphatic heterocycles. The van der Waals surface area contributed by atoms with Crippen LogP contribution in [0.2, 0.25) is 0 Å². The second-order valence-electron chi connectivity index (χ2n) is 4.65. The third kappa shape index (κ3) is 2.87. The monoisotopic (exact) mass is 250 g/mol. The van der Waals surface area contributed by atoms with Gasteiger partial charge in [-0.2, -0.15) is 0 Å². The van der Waals surface area contributed by atoms with E-state index < -0.39 is 12.2 Å². The van der Waals surface area contributed by atoms with Crippen molar-refractivity contribution in [2.45, 2.75) is 24.7 Å². The molecular formula is C13H18N2O3. The van der Waals surface area contributed by atoms with Crippen molar-refractivity contribution in [3.05, 3.63) is 35.9 Å². The number of likely N-dealkylation sites (tertiary alicyclic amines) is 1. The highest BCUT2D eigenvalue weighted by Gasteiger charge is 2.32. The standard InChI is InChI=1S/C13H18N2O3/c14-10(9-4-2-1-3-5-9)6-13(18)15-7-11(16)12(17)8-15/h1-5,10-12,16-17H,6-8,14H2. The smallest absolute Gasteiger partial charge is 0.224 e. The minimum absolute atomic E-state index is 0.137. The van der Waals surface area contributed by atoms with Crippen LogP contribution in [0.15, 0.2) is 30.3 Å². The van der Waals surface area contributed by atoms with Crippen molar-refractivity contribution in [3.63, 3.8) is 0 Å². The van der Waals surface area contributed by atoms with E-state index in [2.05, 4.69) is 0 Å². The van der Waals surface area contributed by atoms with E-state index in [1.165, 1.54) is 4.90 Å². The number of benzene rings is 1. The molecule has 4 N–H and O–H groups in total. The van der Waals surface area contributed by atoms with E-state index in [-0.39, 0.29) is 31.5 Å². The summed E-state index contributed by atoms with van der Waals surface area (Å²) < 4.78 is 0. The van der Waals surface area contributed by atoms with E-state index in [0.717, 1.165) is 5.56 Å². The van der Waals surface area contributed by atoms with Crippen LogP contribution < -0.4 is 5.73 Å². The molecule has 5 heteroatoms. The Bertz CT molecular complexity index is 400. The molecule has 1 aromatic carbocycles. The second kappa shape index (κ2) is 5.48. The largest absolute Gasteiger partial charge is 0.388 e. The third-order valence-corrected chi connectivity index (χ3v) is 3.23. The van der Waals surface area contributed by atoms with Crippen molar-refractivity contribution >= 4 is 5.91 Å². The van der Waals surface area contributed by atoms with Gasteiger partial charge in [0.1, 0.15) is 0 Å². The van der Waals surface area contributed by atoms with Crippen LogP contribution >= 0.6 is 0 Å². The molecule has 0 saturated carbocycles. The van der Waals surface area contributed by atoms with Gasteiger partial charge in [-0.25, -0.2) is 0 Å². The zero-order chi connectivity index (χ0) is 13.1. The van der Waals surface area contributed by atoms with E-state index in [0.29, 0.717) is 0 Å². The van der Waals surface area contributed by atoms with Gasteiger partial charge in [0.05, 0.1) is 12.2 Å². The molecule has 1 aliphatic rings. The zero-order valence-electron chi connectivity index (χ0n) is 10.1. The summed E-state index contributed by atoms with van der Waals surface area (Å²) in [6, 6.07) is 9.06. The molecule has 0 aromatic heterocycles. The van der Waals surface area contributed by atoms with Gasteiger partial charge in [0, 0.05) is 25.6 Å². The number of aliphatic hydroxyl groups excluding tert-OH is 2. The van der Waals surface area contributed by atoms with E-state index in [1.54, 1.807) is 0 Å². The first-order valence-corrected chi connectivity index (χ1v) is 6.02. The molecule has 3 atom stereocenters. The number of hydrogen-bond acceptors (Lipinski definition) is 4. The number of amides is 1. The van der Waals surface area contributed by atoms with Crippen molar-refractivity contribution in [1.82, 2.24) is 4.90 Å². The van der Waals surface area contributed by atoms with Crippen molar-refractivity contribution in [2.24, 2.45) is 5.73 Å². The Morgan fingerprint density at radius 2 is 1.83 bits per heavy atom. The minimum atomic E-state index is -0.845. The lowest BCUT2D eigenvalue weighted by molar-refractivity contribution is -0.131. The molecule has 0 radical (unpaired) electrons. The molecule has 0 bridgehead atoms. The van der Waals surface area contributed by atoms with Crippen molar-refractivity contribution in [2.75, 3.05) is 13.1 Å². The lowest BCUT2D eigenvalue weighted by atomic mass is 10.0. The van der Waals surface area contributed by atoms with E-state index in [4.69, 9.17) is 5.73 Å². The van der Waals surface area contributed by atoms with Crippen molar-refractivity contribution in [3.8, 4) is 0 Å². The van der Waals surface area contributed by atoms with Crippen LogP contribution in [0.3, 0.4) is 0 Å². The molecular weight excluding hydrogens is 232 g/mol. The number of rotatable bonds is 3. The molecule has 0 aliphatic carbocycles. The number of carbonyl (C=O) groups excluding carboxylic acids is 1. The van der Waals surface area contributed by atoms with Gasteiger partial charge in [-0.05, 0) is 5.56 Å². The number of hydrogen-bond donors (Lipinski definition) is 3. The fourth-order valence-corrected chi connectivity index (χ4v) is 2.11. The molecule has 2 rings (SSSR count). The molecule has 1 amide bonds. The van der Waals surface area contributed by atoms with Crippen molar-refractivity contribution in [1.29, 1.82) is 0 Å². The first-order valence-electron chi connectivity index (χ1n) is 6.02. The third-order valence-electron chi connectivity index (χ3n) is 3.23. The first kappa shape index (κ1) is 13.0. The SMILES string of the molecule is NC(CC(=O)N1CC(O)C(O)C1)c1ccccc1. The van der Waals surface area contributed by atoms with Gasteiger partial charge >= 0.3 is 0 Å². The van der Waals surface area contributed by atoms with Gasteiger partial charge in [0.2, 0.25) is 5.91 Å². The number of carbonyl (C=O) groups is 1. The molecule has 1 saturated heterocycles. The van der Waals surface area contributed by atoms with Crippen LogP contribution in [0.5, 0.6) is 0 Å². The summed E-state index contributed by atoms with van der Waals surface area (Å²) in [6.07, 6.45) is -1.51. The average molecular weight is 250 g/mol. The maximum Gasteiger partial charge on any atom is 0.224 e. The Labute approximate surface area is 106 Å². The fraction of sp³-hybridized carbons (Fsp3) is 0.462.